The van der Waals surface area contributed by atoms with Crippen LogP contribution < -0.4 is 5.73 Å². The summed E-state index contributed by atoms with van der Waals surface area (Å²) >= 11 is 0. The summed E-state index contributed by atoms with van der Waals surface area (Å²) in [5, 5.41) is 33.9. The number of H-pyrrole nitrogens is 1. The van der Waals surface area contributed by atoms with Gasteiger partial charge < -0.3 is 62.6 Å². The van der Waals surface area contributed by atoms with Gasteiger partial charge in [0, 0.05) is 26.0 Å². The van der Waals surface area contributed by atoms with Crippen LogP contribution in [0.4, 0.5) is 21.5 Å². The highest BCUT2D eigenvalue weighted by Crippen LogP contribution is 2.07. The van der Waals surface area contributed by atoms with Crippen molar-refractivity contribution in [3.8, 4) is 0 Å². The minimum Gasteiger partial charge on any atom is -0.396 e. The Balaban J connectivity index is 0. The minimum atomic E-state index is -3.38. The van der Waals surface area contributed by atoms with Gasteiger partial charge in [-0.3, -0.25) is 43.3 Å². The number of ether oxygens (including phenoxy) is 12. The largest absolute Gasteiger partial charge is 0.396 e. The molecule has 3 N–H and O–H groups in total. The first-order valence-electron chi connectivity index (χ1n) is 24.8. The standard InChI is InChI=1S/C14H25N3O6.C14H27N3O4.C12H26O7S.C3H3N3O2.CH3F/c1-2-4-20-6-8-22-10-11-23-9-7-21-5-3-16-13-14(12-15-16)17(18)19;1-2-4-18-6-8-20-10-11-21-9-7-19-5-3-17-13-14(15)12-16-17;1-3-4-15-5-6-16-7-8-17-9-10-18-11-12-19-20(2,13)14;7-6(8)3-1-4-5-2-3;1-2/h12-13H,2-11H2,1H3;12-13H,2-11,15H2,1H3;3-12H2,1-2H3;1-2H,(H,4,5);1H3/i;;;;1D. The normalized spacial score (nSPS) is 11.0. The Bertz CT molecular complexity index is 1780. The third-order valence-corrected chi connectivity index (χ3v) is 8.62. The number of nitrogens with two attached hydrogens (primary N) is 1. The number of aromatic nitrogens is 6. The number of hydrogen-bond donors (Lipinski definition) is 2. The molecule has 0 saturated carbocycles. The third-order valence-electron chi connectivity index (χ3n) is 8.03. The summed E-state index contributed by atoms with van der Waals surface area (Å²) < 4.78 is 108. The first kappa shape index (κ1) is 69.6. The first-order valence-corrected chi connectivity index (χ1v) is 25.9. The van der Waals surface area contributed by atoms with Crippen LogP contribution in [0.3, 0.4) is 0 Å². The van der Waals surface area contributed by atoms with Crippen LogP contribution in [0.2, 0.25) is 0 Å². The van der Waals surface area contributed by atoms with E-state index in [0.717, 1.165) is 51.5 Å². The van der Waals surface area contributed by atoms with E-state index in [0.29, 0.717) is 151 Å². The Morgan fingerprint density at radius 1 is 0.541 bits per heavy atom. The zero-order valence-electron chi connectivity index (χ0n) is 44.6. The summed E-state index contributed by atoms with van der Waals surface area (Å²) in [6, 6.07) is 0. The van der Waals surface area contributed by atoms with Crippen molar-refractivity contribution in [1.29, 1.82) is 0 Å². The number of halogens is 1. The number of nitrogens with one attached hydrogen (secondary N) is 1. The Hall–Kier alpha value is -4.41. The van der Waals surface area contributed by atoms with Gasteiger partial charge in [0.05, 0.1) is 201 Å². The van der Waals surface area contributed by atoms with Crippen LogP contribution in [0.15, 0.2) is 37.2 Å². The zero-order valence-corrected chi connectivity index (χ0v) is 44.5. The number of alkyl halides is 1. The van der Waals surface area contributed by atoms with Gasteiger partial charge in [0.15, 0.2) is 0 Å². The van der Waals surface area contributed by atoms with E-state index in [9.17, 15) is 33.0 Å². The molecule has 0 bridgehead atoms. The summed E-state index contributed by atoms with van der Waals surface area (Å²) in [4.78, 5) is 19.3. The predicted molar refractivity (Wildman–Crippen MR) is 269 cm³/mol. The molecular formula is C44H84FN9O19S. The lowest BCUT2D eigenvalue weighted by Gasteiger charge is -2.07. The highest BCUT2D eigenvalue weighted by molar-refractivity contribution is 7.85. The molecule has 3 rings (SSSR count). The fraction of sp³-hybridized carbons (Fsp3) is 0.795. The van der Waals surface area contributed by atoms with Crippen molar-refractivity contribution >= 4 is 27.2 Å². The molecule has 30 heteroatoms. The monoisotopic (exact) mass is 1090 g/mol. The summed E-state index contributed by atoms with van der Waals surface area (Å²) in [7, 11) is -4.38. The molecule has 0 aliphatic rings. The fourth-order valence-electron chi connectivity index (χ4n) is 4.69. The molecule has 3 aromatic heterocycles. The maximum Gasteiger partial charge on any atom is 0.306 e. The van der Waals surface area contributed by atoms with Gasteiger partial charge in [-0.1, -0.05) is 20.8 Å². The van der Waals surface area contributed by atoms with Gasteiger partial charge in [-0.2, -0.15) is 23.7 Å². The maximum absolute atomic E-state index is 10.6. The molecule has 0 unspecified atom stereocenters. The Labute approximate surface area is 435 Å². The lowest BCUT2D eigenvalue weighted by molar-refractivity contribution is -0.385. The molecule has 0 aliphatic heterocycles. The van der Waals surface area contributed by atoms with E-state index in [1.54, 1.807) is 17.1 Å². The fourth-order valence-corrected chi connectivity index (χ4v) is 5.06. The number of anilines is 1. The van der Waals surface area contributed by atoms with E-state index in [4.69, 9.17) is 63.9 Å². The molecule has 0 aromatic carbocycles. The molecular weight excluding hydrogens is 1010 g/mol. The quantitative estimate of drug-likeness (QED) is 0.0354. The van der Waals surface area contributed by atoms with E-state index in [1.807, 2.05) is 0 Å². The van der Waals surface area contributed by atoms with Gasteiger partial charge in [-0.15, -0.1) is 0 Å². The van der Waals surface area contributed by atoms with Gasteiger partial charge in [-0.25, -0.2) is 0 Å². The van der Waals surface area contributed by atoms with Crippen LogP contribution in [0.1, 0.15) is 41.4 Å². The first-order chi connectivity index (χ1) is 36.3. The van der Waals surface area contributed by atoms with Gasteiger partial charge in [0.25, 0.3) is 10.1 Å². The van der Waals surface area contributed by atoms with Crippen LogP contribution in [-0.4, -0.2) is 227 Å². The Kier molecular flexibility index (Phi) is 51.6. The highest BCUT2D eigenvalue weighted by atomic mass is 32.2. The summed E-state index contributed by atoms with van der Waals surface area (Å²) in [5.74, 6) is 0. The molecule has 0 spiro atoms. The average Bonchev–Trinajstić information content (AvgIpc) is 4.19. The molecule has 3 heterocycles. The van der Waals surface area contributed by atoms with Gasteiger partial charge in [0.1, 0.15) is 18.6 Å². The van der Waals surface area contributed by atoms with Crippen LogP contribution in [0.25, 0.3) is 0 Å². The van der Waals surface area contributed by atoms with Crippen LogP contribution in [-0.2, 0) is 84.2 Å². The molecule has 0 amide bonds. The molecule has 3 aromatic rings. The van der Waals surface area contributed by atoms with E-state index >= 15 is 0 Å². The average molecular weight is 1100 g/mol. The molecule has 0 radical (unpaired) electrons. The zero-order chi connectivity index (χ0) is 55.7. The third kappa shape index (κ3) is 52.5. The van der Waals surface area contributed by atoms with Crippen molar-refractivity contribution < 1.29 is 85.1 Å². The number of hydrogen-bond acceptors (Lipinski definition) is 23. The van der Waals surface area contributed by atoms with Crippen molar-refractivity contribution in [3.63, 3.8) is 0 Å². The Morgan fingerprint density at radius 3 is 1.11 bits per heavy atom. The van der Waals surface area contributed by atoms with Gasteiger partial charge in [0.2, 0.25) is 0 Å². The van der Waals surface area contributed by atoms with Crippen molar-refractivity contribution in [2.24, 2.45) is 0 Å². The number of rotatable bonds is 45. The minimum absolute atomic E-state index is 0.00926. The predicted octanol–water partition coefficient (Wildman–Crippen LogP) is 3.55. The number of nitrogen functional groups attached to an aromatic ring is 1. The van der Waals surface area contributed by atoms with Crippen LogP contribution in [0, 0.1) is 20.2 Å². The van der Waals surface area contributed by atoms with Crippen molar-refractivity contribution in [2.45, 2.75) is 53.1 Å². The molecule has 432 valence electrons. The SMILES string of the molecule is CCCOCCOCCOCCOCCOS(C)(=O)=O.CCCOCCOCCOCCOCCn1cc(N)cn1.CCCOCCOCCOCCOCCn1cc([N+](=O)[O-])cn1.O=[N+]([O-])c1cn[nH]c1.[2H]CF. The van der Waals surface area contributed by atoms with E-state index in [-0.39, 0.29) is 24.6 Å². The maximum atomic E-state index is 10.6. The van der Waals surface area contributed by atoms with Crippen molar-refractivity contribution in [1.82, 2.24) is 29.8 Å². The molecule has 0 atom stereocenters. The Morgan fingerprint density at radius 2 is 0.851 bits per heavy atom. The van der Waals surface area contributed by atoms with E-state index in [1.165, 1.54) is 23.3 Å². The second-order valence-electron chi connectivity index (χ2n) is 14.3. The highest BCUT2D eigenvalue weighted by Gasteiger charge is 2.08. The molecule has 0 saturated heterocycles. The second kappa shape index (κ2) is 54.8. The van der Waals surface area contributed by atoms with Crippen molar-refractivity contribution in [2.75, 3.05) is 184 Å². The number of nitro groups is 2. The second-order valence-corrected chi connectivity index (χ2v) is 16.0. The van der Waals surface area contributed by atoms with Crippen LogP contribution in [0.5, 0.6) is 0 Å². The van der Waals surface area contributed by atoms with E-state index < -0.39 is 27.1 Å². The molecule has 0 aliphatic carbocycles. The molecule has 74 heavy (non-hydrogen) atoms. The number of nitrogens with zero attached hydrogens (tertiary/aromatic N) is 7. The molecule has 28 nitrogen and oxygen atoms in total. The number of aromatic amines is 1. The smallest absolute Gasteiger partial charge is 0.306 e. The van der Waals surface area contributed by atoms with Gasteiger partial charge in [-0.05, 0) is 19.3 Å². The van der Waals surface area contributed by atoms with Crippen molar-refractivity contribution in [3.05, 3.63) is 57.4 Å². The summed E-state index contributed by atoms with van der Waals surface area (Å²) in [6.45, 7) is 20.7. The molecule has 0 fully saturated rings. The van der Waals surface area contributed by atoms with E-state index in [2.05, 4.69) is 45.3 Å². The summed E-state index contributed by atoms with van der Waals surface area (Å²) in [5.41, 5.74) is 6.19. The lowest BCUT2D eigenvalue weighted by atomic mass is 10.5. The van der Waals surface area contributed by atoms with Gasteiger partial charge >= 0.3 is 11.4 Å². The topological polar surface area (TPSA) is 331 Å². The van der Waals surface area contributed by atoms with Crippen LogP contribution >= 0.6 is 0 Å². The summed E-state index contributed by atoms with van der Waals surface area (Å²) in [6.07, 6.45) is 12.4. The lowest BCUT2D eigenvalue weighted by Crippen LogP contribution is -2.14.